The maximum atomic E-state index is 12.6. The molecule has 1 aromatic carbocycles. The molecule has 0 bridgehead atoms. The second kappa shape index (κ2) is 8.74. The number of thioether (sulfide) groups is 1. The van der Waals surface area contributed by atoms with Crippen molar-refractivity contribution in [2.24, 2.45) is 0 Å². The zero-order chi connectivity index (χ0) is 20.4. The highest BCUT2D eigenvalue weighted by Crippen LogP contribution is 2.35. The van der Waals surface area contributed by atoms with Crippen LogP contribution in [0.2, 0.25) is 10.0 Å². The summed E-state index contributed by atoms with van der Waals surface area (Å²) < 4.78 is 6.98. The number of nitrogens with zero attached hydrogens (tertiary/aromatic N) is 2. The second-order valence-electron chi connectivity index (χ2n) is 6.41. The van der Waals surface area contributed by atoms with E-state index in [9.17, 15) is 9.59 Å². The number of aryl methyl sites for hydroxylation is 1. The molecule has 2 aromatic rings. The highest BCUT2D eigenvalue weighted by molar-refractivity contribution is 8.18. The zero-order valence-electron chi connectivity index (χ0n) is 15.8. The van der Waals surface area contributed by atoms with Gasteiger partial charge in [-0.2, -0.15) is 0 Å². The molecule has 8 heteroatoms. The van der Waals surface area contributed by atoms with E-state index >= 15 is 0 Å². The normalized spacial score (nSPS) is 15.9. The van der Waals surface area contributed by atoms with Gasteiger partial charge in [-0.25, -0.2) is 0 Å². The Morgan fingerprint density at radius 2 is 1.96 bits per heavy atom. The smallest absolute Gasteiger partial charge is 0.293 e. The summed E-state index contributed by atoms with van der Waals surface area (Å²) in [6.45, 7) is 4.76. The predicted molar refractivity (Wildman–Crippen MR) is 114 cm³/mol. The molecule has 1 saturated heterocycles. The van der Waals surface area contributed by atoms with Crippen molar-refractivity contribution in [3.8, 4) is 5.69 Å². The minimum Gasteiger partial charge on any atom is -0.385 e. The number of benzene rings is 1. The number of ether oxygens (including phenoxy) is 1. The van der Waals surface area contributed by atoms with Gasteiger partial charge in [0, 0.05) is 31.6 Å². The molecule has 1 aliphatic heterocycles. The van der Waals surface area contributed by atoms with Crippen molar-refractivity contribution in [1.29, 1.82) is 0 Å². The Bertz CT molecular complexity index is 969. The largest absolute Gasteiger partial charge is 0.385 e. The van der Waals surface area contributed by atoms with Crippen LogP contribution in [0.3, 0.4) is 0 Å². The van der Waals surface area contributed by atoms with Gasteiger partial charge in [0.05, 0.1) is 20.6 Å². The fraction of sp³-hybridized carbons (Fsp3) is 0.300. The van der Waals surface area contributed by atoms with Gasteiger partial charge in [0.1, 0.15) is 0 Å². The van der Waals surface area contributed by atoms with Crippen LogP contribution in [-0.2, 0) is 9.53 Å². The van der Waals surface area contributed by atoms with E-state index < -0.39 is 0 Å². The highest BCUT2D eigenvalue weighted by Gasteiger charge is 2.34. The first-order valence-corrected chi connectivity index (χ1v) is 10.3. The van der Waals surface area contributed by atoms with Crippen LogP contribution in [0.25, 0.3) is 11.8 Å². The molecular formula is C20H20Cl2N2O3S. The molecule has 0 radical (unpaired) electrons. The molecule has 0 saturated carbocycles. The first-order valence-electron chi connectivity index (χ1n) is 8.72. The van der Waals surface area contributed by atoms with Crippen LogP contribution in [0.1, 0.15) is 23.4 Å². The number of halogens is 2. The minimum absolute atomic E-state index is 0.251. The third-order valence-electron chi connectivity index (χ3n) is 4.53. The van der Waals surface area contributed by atoms with Crippen LogP contribution >= 0.6 is 35.0 Å². The molecule has 148 valence electrons. The number of amides is 2. The lowest BCUT2D eigenvalue weighted by molar-refractivity contribution is -0.122. The first kappa shape index (κ1) is 21.0. The number of hydrogen-bond donors (Lipinski definition) is 0. The SMILES string of the molecule is COCCCN1C(=O)S/C(=C/c2cc(C)n(-c3cccc(Cl)c3Cl)c2C)C1=O. The third-order valence-corrected chi connectivity index (χ3v) is 6.25. The number of carbonyl (C=O) groups is 2. The third kappa shape index (κ3) is 4.01. The number of methoxy groups -OCH3 is 1. The maximum absolute atomic E-state index is 12.6. The monoisotopic (exact) mass is 438 g/mol. The van der Waals surface area contributed by atoms with Crippen LogP contribution in [0, 0.1) is 13.8 Å². The molecule has 0 unspecified atom stereocenters. The molecule has 0 atom stereocenters. The summed E-state index contributed by atoms with van der Waals surface area (Å²) in [7, 11) is 1.59. The molecule has 3 rings (SSSR count). The van der Waals surface area contributed by atoms with Crippen LogP contribution < -0.4 is 0 Å². The standard InChI is InChI=1S/C20H20Cl2N2O3S/c1-12-10-14(13(2)24(12)16-7-4-6-15(21)18(16)22)11-17-19(25)23(20(26)28-17)8-5-9-27-3/h4,6-7,10-11H,5,8-9H2,1-3H3/b17-11+. The quantitative estimate of drug-likeness (QED) is 0.442. The average Bonchev–Trinajstić information content (AvgIpc) is 3.08. The van der Waals surface area contributed by atoms with E-state index in [-0.39, 0.29) is 11.1 Å². The summed E-state index contributed by atoms with van der Waals surface area (Å²) >= 11 is 13.5. The fourth-order valence-electron chi connectivity index (χ4n) is 3.17. The van der Waals surface area contributed by atoms with Crippen molar-refractivity contribution in [1.82, 2.24) is 9.47 Å². The second-order valence-corrected chi connectivity index (χ2v) is 8.19. The molecule has 28 heavy (non-hydrogen) atoms. The van der Waals surface area contributed by atoms with E-state index in [1.165, 1.54) is 4.90 Å². The summed E-state index contributed by atoms with van der Waals surface area (Å²) in [4.78, 5) is 26.5. The van der Waals surface area contributed by atoms with Gasteiger partial charge in [-0.05, 0) is 61.9 Å². The van der Waals surface area contributed by atoms with Crippen molar-refractivity contribution in [2.75, 3.05) is 20.3 Å². The Morgan fingerprint density at radius 1 is 1.21 bits per heavy atom. The molecule has 0 N–H and O–H groups in total. The lowest BCUT2D eigenvalue weighted by Gasteiger charge is -2.12. The molecule has 1 aliphatic rings. The number of rotatable bonds is 6. The van der Waals surface area contributed by atoms with E-state index in [1.54, 1.807) is 19.3 Å². The summed E-state index contributed by atoms with van der Waals surface area (Å²) in [6, 6.07) is 7.43. The zero-order valence-corrected chi connectivity index (χ0v) is 18.1. The van der Waals surface area contributed by atoms with Gasteiger partial charge >= 0.3 is 0 Å². The summed E-state index contributed by atoms with van der Waals surface area (Å²) in [5, 5.41) is 0.695. The Hall–Kier alpha value is -1.73. The predicted octanol–water partition coefficient (Wildman–Crippen LogP) is 5.47. The Labute approximate surface area is 178 Å². The van der Waals surface area contributed by atoms with Gasteiger partial charge in [0.15, 0.2) is 0 Å². The topological polar surface area (TPSA) is 51.5 Å². The van der Waals surface area contributed by atoms with Gasteiger partial charge in [0.2, 0.25) is 0 Å². The van der Waals surface area contributed by atoms with E-state index in [0.717, 1.165) is 34.4 Å². The van der Waals surface area contributed by atoms with Crippen LogP contribution in [0.15, 0.2) is 29.2 Å². The molecular weight excluding hydrogens is 419 g/mol. The van der Waals surface area contributed by atoms with Gasteiger partial charge < -0.3 is 9.30 Å². The number of imide groups is 1. The molecule has 1 aromatic heterocycles. The molecule has 2 amide bonds. The molecule has 0 aliphatic carbocycles. The fourth-order valence-corrected chi connectivity index (χ4v) is 4.41. The summed E-state index contributed by atoms with van der Waals surface area (Å²) in [5.41, 5.74) is 3.49. The van der Waals surface area contributed by atoms with E-state index in [2.05, 4.69) is 0 Å². The Kier molecular flexibility index (Phi) is 6.55. The summed E-state index contributed by atoms with van der Waals surface area (Å²) in [5.74, 6) is -0.267. The first-order chi connectivity index (χ1) is 13.3. The lowest BCUT2D eigenvalue weighted by atomic mass is 10.2. The van der Waals surface area contributed by atoms with Crippen molar-refractivity contribution < 1.29 is 14.3 Å². The number of hydrogen-bond acceptors (Lipinski definition) is 4. The van der Waals surface area contributed by atoms with Crippen LogP contribution in [0.4, 0.5) is 4.79 Å². The van der Waals surface area contributed by atoms with Crippen molar-refractivity contribution >= 4 is 52.2 Å². The average molecular weight is 439 g/mol. The minimum atomic E-state index is -0.267. The molecule has 1 fully saturated rings. The van der Waals surface area contributed by atoms with Crippen molar-refractivity contribution in [3.63, 3.8) is 0 Å². The highest BCUT2D eigenvalue weighted by atomic mass is 35.5. The van der Waals surface area contributed by atoms with Gasteiger partial charge in [-0.1, -0.05) is 29.3 Å². The van der Waals surface area contributed by atoms with Crippen LogP contribution in [-0.4, -0.2) is 40.9 Å². The maximum Gasteiger partial charge on any atom is 0.293 e. The molecule has 5 nitrogen and oxygen atoms in total. The van der Waals surface area contributed by atoms with Gasteiger partial charge in [-0.15, -0.1) is 0 Å². The van der Waals surface area contributed by atoms with Crippen molar-refractivity contribution in [2.45, 2.75) is 20.3 Å². The Balaban J connectivity index is 1.93. The molecule has 2 heterocycles. The Morgan fingerprint density at radius 3 is 2.68 bits per heavy atom. The van der Waals surface area contributed by atoms with E-state index in [4.69, 9.17) is 27.9 Å². The number of carbonyl (C=O) groups excluding carboxylic acids is 2. The van der Waals surface area contributed by atoms with E-state index in [0.29, 0.717) is 34.5 Å². The molecule has 0 spiro atoms. The van der Waals surface area contributed by atoms with Crippen LogP contribution in [0.5, 0.6) is 0 Å². The summed E-state index contributed by atoms with van der Waals surface area (Å²) in [6.07, 6.45) is 2.38. The van der Waals surface area contributed by atoms with E-state index in [1.807, 2.05) is 36.6 Å². The lowest BCUT2D eigenvalue weighted by Crippen LogP contribution is -2.29. The van der Waals surface area contributed by atoms with Gasteiger partial charge in [0.25, 0.3) is 11.1 Å². The van der Waals surface area contributed by atoms with Crippen molar-refractivity contribution in [3.05, 3.63) is 56.2 Å². The van der Waals surface area contributed by atoms with Gasteiger partial charge in [-0.3, -0.25) is 14.5 Å². The number of aromatic nitrogens is 1.